The summed E-state index contributed by atoms with van der Waals surface area (Å²) < 4.78 is 0.705. The van der Waals surface area contributed by atoms with Crippen LogP contribution in [0.5, 0.6) is 0 Å². The predicted molar refractivity (Wildman–Crippen MR) is 62.0 cm³/mol. The van der Waals surface area contributed by atoms with Crippen molar-refractivity contribution in [1.29, 1.82) is 0 Å². The topological polar surface area (TPSA) is 31.6 Å². The van der Waals surface area contributed by atoms with Crippen LogP contribution in [0.15, 0.2) is 18.2 Å². The maximum atomic E-state index is 5.08. The van der Waals surface area contributed by atoms with Crippen molar-refractivity contribution in [3.8, 4) is 0 Å². The number of rotatable bonds is 2. The first-order chi connectivity index (χ1) is 6.66. The Morgan fingerprint density at radius 2 is 2.07 bits per heavy atom. The van der Waals surface area contributed by atoms with Gasteiger partial charge in [-0.1, -0.05) is 26.0 Å². The van der Waals surface area contributed by atoms with Gasteiger partial charge < -0.3 is 9.97 Å². The maximum Gasteiger partial charge on any atom is 0.175 e. The second-order valence-corrected chi connectivity index (χ2v) is 4.43. The molecular weight excluding hydrogens is 192 g/mol. The summed E-state index contributed by atoms with van der Waals surface area (Å²) in [6.07, 6.45) is 1.08. The predicted octanol–water partition coefficient (Wildman–Crippen LogP) is 3.42. The molecule has 0 aliphatic rings. The Kier molecular flexibility index (Phi) is 2.42. The SMILES string of the molecule is CC(C)Cc1cccc2[nH]c(=S)[nH]c12. The van der Waals surface area contributed by atoms with Crippen LogP contribution in [-0.4, -0.2) is 9.97 Å². The van der Waals surface area contributed by atoms with Crippen LogP contribution >= 0.6 is 12.2 Å². The van der Waals surface area contributed by atoms with Gasteiger partial charge in [-0.05, 0) is 36.2 Å². The van der Waals surface area contributed by atoms with Gasteiger partial charge >= 0.3 is 0 Å². The van der Waals surface area contributed by atoms with Crippen LogP contribution in [0.4, 0.5) is 0 Å². The smallest absolute Gasteiger partial charge is 0.175 e. The molecule has 0 aliphatic heterocycles. The molecular formula is C11H14N2S. The summed E-state index contributed by atoms with van der Waals surface area (Å²) in [5.41, 5.74) is 3.60. The van der Waals surface area contributed by atoms with E-state index >= 15 is 0 Å². The lowest BCUT2D eigenvalue weighted by Crippen LogP contribution is -1.94. The molecule has 0 aliphatic carbocycles. The Hall–Kier alpha value is -1.09. The number of hydrogen-bond acceptors (Lipinski definition) is 1. The molecule has 0 saturated heterocycles. The molecule has 0 unspecified atom stereocenters. The van der Waals surface area contributed by atoms with Crippen molar-refractivity contribution in [2.24, 2.45) is 5.92 Å². The Labute approximate surface area is 88.4 Å². The minimum Gasteiger partial charge on any atom is -0.331 e. The van der Waals surface area contributed by atoms with Gasteiger partial charge in [-0.25, -0.2) is 0 Å². The lowest BCUT2D eigenvalue weighted by atomic mass is 10.0. The number of H-pyrrole nitrogens is 2. The van der Waals surface area contributed by atoms with Crippen molar-refractivity contribution in [2.45, 2.75) is 20.3 Å². The van der Waals surface area contributed by atoms with Gasteiger partial charge in [-0.2, -0.15) is 0 Å². The van der Waals surface area contributed by atoms with Gasteiger partial charge in [0.15, 0.2) is 4.77 Å². The molecule has 2 aromatic rings. The van der Waals surface area contributed by atoms with E-state index in [2.05, 4.69) is 35.9 Å². The second-order valence-electron chi connectivity index (χ2n) is 4.02. The zero-order valence-electron chi connectivity index (χ0n) is 8.42. The molecule has 0 bridgehead atoms. The third-order valence-electron chi connectivity index (χ3n) is 2.27. The molecule has 0 amide bonds. The number of hydrogen-bond donors (Lipinski definition) is 2. The molecule has 14 heavy (non-hydrogen) atoms. The third kappa shape index (κ3) is 1.73. The minimum absolute atomic E-state index is 0.664. The van der Waals surface area contributed by atoms with E-state index in [1.54, 1.807) is 0 Å². The van der Waals surface area contributed by atoms with Crippen LogP contribution in [0.25, 0.3) is 11.0 Å². The number of imidazole rings is 1. The normalized spacial score (nSPS) is 11.4. The second kappa shape index (κ2) is 3.58. The zero-order chi connectivity index (χ0) is 10.1. The fourth-order valence-corrected chi connectivity index (χ4v) is 1.94. The van der Waals surface area contributed by atoms with Gasteiger partial charge in [0, 0.05) is 0 Å². The third-order valence-corrected chi connectivity index (χ3v) is 2.47. The Morgan fingerprint density at radius 1 is 1.29 bits per heavy atom. The average Bonchev–Trinajstić information content (AvgIpc) is 2.45. The standard InChI is InChI=1S/C11H14N2S/c1-7(2)6-8-4-3-5-9-10(8)13-11(14)12-9/h3-5,7H,6H2,1-2H3,(H2,12,13,14). The Morgan fingerprint density at radius 3 is 2.79 bits per heavy atom. The first kappa shape index (κ1) is 9.46. The van der Waals surface area contributed by atoms with E-state index in [1.165, 1.54) is 5.56 Å². The summed E-state index contributed by atoms with van der Waals surface area (Å²) >= 11 is 5.08. The Bertz CT molecular complexity index is 493. The highest BCUT2D eigenvalue weighted by Crippen LogP contribution is 2.18. The molecule has 1 heterocycles. The molecule has 0 saturated carbocycles. The Balaban J connectivity index is 2.58. The van der Waals surface area contributed by atoms with E-state index < -0.39 is 0 Å². The lowest BCUT2D eigenvalue weighted by molar-refractivity contribution is 0.649. The molecule has 0 spiro atoms. The zero-order valence-corrected chi connectivity index (χ0v) is 9.24. The van der Waals surface area contributed by atoms with Gasteiger partial charge in [0.05, 0.1) is 11.0 Å². The summed E-state index contributed by atoms with van der Waals surface area (Å²) in [7, 11) is 0. The summed E-state index contributed by atoms with van der Waals surface area (Å²) in [5.74, 6) is 0.664. The fourth-order valence-electron chi connectivity index (χ4n) is 1.73. The summed E-state index contributed by atoms with van der Waals surface area (Å²) in [6.45, 7) is 4.44. The van der Waals surface area contributed by atoms with Crippen LogP contribution in [-0.2, 0) is 6.42 Å². The highest BCUT2D eigenvalue weighted by Gasteiger charge is 2.04. The lowest BCUT2D eigenvalue weighted by Gasteiger charge is -2.05. The van der Waals surface area contributed by atoms with Crippen molar-refractivity contribution < 1.29 is 0 Å². The van der Waals surface area contributed by atoms with E-state index in [9.17, 15) is 0 Å². The number of aromatic nitrogens is 2. The molecule has 0 fully saturated rings. The molecule has 2 N–H and O–H groups in total. The number of fused-ring (bicyclic) bond motifs is 1. The first-order valence-corrected chi connectivity index (χ1v) is 5.27. The van der Waals surface area contributed by atoms with E-state index in [0.29, 0.717) is 10.7 Å². The van der Waals surface area contributed by atoms with Crippen molar-refractivity contribution in [3.63, 3.8) is 0 Å². The number of nitrogens with one attached hydrogen (secondary N) is 2. The minimum atomic E-state index is 0.664. The van der Waals surface area contributed by atoms with Gasteiger partial charge in [0.1, 0.15) is 0 Å². The highest BCUT2D eigenvalue weighted by atomic mass is 32.1. The quantitative estimate of drug-likeness (QED) is 0.725. The molecule has 1 aromatic carbocycles. The highest BCUT2D eigenvalue weighted by molar-refractivity contribution is 7.71. The molecule has 1 aromatic heterocycles. The number of benzene rings is 1. The molecule has 74 valence electrons. The van der Waals surface area contributed by atoms with Gasteiger partial charge in [0.2, 0.25) is 0 Å². The van der Waals surface area contributed by atoms with Crippen LogP contribution in [0.2, 0.25) is 0 Å². The van der Waals surface area contributed by atoms with Crippen molar-refractivity contribution >= 4 is 23.3 Å². The largest absolute Gasteiger partial charge is 0.331 e. The molecule has 0 atom stereocenters. The van der Waals surface area contributed by atoms with Crippen molar-refractivity contribution in [3.05, 3.63) is 28.5 Å². The average molecular weight is 206 g/mol. The van der Waals surface area contributed by atoms with E-state index in [-0.39, 0.29) is 0 Å². The van der Waals surface area contributed by atoms with Crippen LogP contribution in [0, 0.1) is 10.7 Å². The number of para-hydroxylation sites is 1. The van der Waals surface area contributed by atoms with E-state index in [4.69, 9.17) is 12.2 Å². The van der Waals surface area contributed by atoms with Crippen LogP contribution in [0.3, 0.4) is 0 Å². The summed E-state index contributed by atoms with van der Waals surface area (Å²) in [6, 6.07) is 6.27. The monoisotopic (exact) mass is 206 g/mol. The molecule has 3 heteroatoms. The van der Waals surface area contributed by atoms with Crippen LogP contribution in [0.1, 0.15) is 19.4 Å². The van der Waals surface area contributed by atoms with E-state index in [0.717, 1.165) is 17.5 Å². The molecule has 2 nitrogen and oxygen atoms in total. The summed E-state index contributed by atoms with van der Waals surface area (Å²) in [5, 5.41) is 0. The first-order valence-electron chi connectivity index (χ1n) is 4.86. The maximum absolute atomic E-state index is 5.08. The van der Waals surface area contributed by atoms with Gasteiger partial charge in [0.25, 0.3) is 0 Å². The van der Waals surface area contributed by atoms with Crippen molar-refractivity contribution in [1.82, 2.24) is 9.97 Å². The fraction of sp³-hybridized carbons (Fsp3) is 0.364. The number of aromatic amines is 2. The molecule has 2 rings (SSSR count). The van der Waals surface area contributed by atoms with E-state index in [1.807, 2.05) is 6.07 Å². The summed E-state index contributed by atoms with van der Waals surface area (Å²) in [4.78, 5) is 6.32. The van der Waals surface area contributed by atoms with Gasteiger partial charge in [-0.15, -0.1) is 0 Å². The van der Waals surface area contributed by atoms with Gasteiger partial charge in [-0.3, -0.25) is 0 Å². The van der Waals surface area contributed by atoms with Crippen LogP contribution < -0.4 is 0 Å². The van der Waals surface area contributed by atoms with Crippen molar-refractivity contribution in [2.75, 3.05) is 0 Å². The molecule has 0 radical (unpaired) electrons.